The van der Waals surface area contributed by atoms with Crippen LogP contribution in [0.25, 0.3) is 0 Å². The molecule has 156 valence electrons. The second kappa shape index (κ2) is 9.28. The van der Waals surface area contributed by atoms with Crippen molar-refractivity contribution >= 4 is 21.8 Å². The predicted octanol–water partition coefficient (Wildman–Crippen LogP) is 3.30. The van der Waals surface area contributed by atoms with Crippen molar-refractivity contribution in [1.82, 2.24) is 9.80 Å². The second-order valence-electron chi connectivity index (χ2n) is 8.01. The molecule has 6 heteroatoms. The van der Waals surface area contributed by atoms with Gasteiger partial charge in [0.05, 0.1) is 19.1 Å². The van der Waals surface area contributed by atoms with Crippen LogP contribution < -0.4 is 4.74 Å². The normalized spacial score (nSPS) is 22.0. The quantitative estimate of drug-likeness (QED) is 0.718. The highest BCUT2D eigenvalue weighted by Crippen LogP contribution is 2.39. The number of nitrogens with zero attached hydrogens (tertiary/aromatic N) is 2. The fraction of sp³-hybridized carbons (Fsp3) is 0.435. The van der Waals surface area contributed by atoms with Crippen LogP contribution in [0.15, 0.2) is 53.0 Å². The van der Waals surface area contributed by atoms with Crippen molar-refractivity contribution in [3.05, 3.63) is 64.1 Å². The van der Waals surface area contributed by atoms with Gasteiger partial charge in [0.15, 0.2) is 0 Å². The van der Waals surface area contributed by atoms with Gasteiger partial charge in [-0.05, 0) is 55.9 Å². The molecule has 0 saturated carbocycles. The third kappa shape index (κ3) is 5.18. The van der Waals surface area contributed by atoms with Crippen LogP contribution in [0.4, 0.5) is 0 Å². The van der Waals surface area contributed by atoms with Gasteiger partial charge >= 0.3 is 0 Å². The number of hydrogen-bond acceptors (Lipinski definition) is 4. The van der Waals surface area contributed by atoms with Crippen LogP contribution in [-0.2, 0) is 16.8 Å². The van der Waals surface area contributed by atoms with E-state index in [4.69, 9.17) is 4.74 Å². The summed E-state index contributed by atoms with van der Waals surface area (Å²) in [4.78, 5) is 16.9. The van der Waals surface area contributed by atoms with E-state index in [2.05, 4.69) is 20.8 Å². The van der Waals surface area contributed by atoms with E-state index in [1.54, 1.807) is 7.11 Å². The average molecular weight is 461 g/mol. The molecule has 2 atom stereocenters. The minimum atomic E-state index is -0.995. The lowest BCUT2D eigenvalue weighted by molar-refractivity contribution is -0.141. The Kier molecular flexibility index (Phi) is 6.98. The molecule has 1 aliphatic heterocycles. The zero-order valence-electron chi connectivity index (χ0n) is 17.3. The number of carbonyl (C=O) groups is 1. The molecule has 0 aromatic heterocycles. The van der Waals surface area contributed by atoms with E-state index in [0.29, 0.717) is 32.5 Å². The van der Waals surface area contributed by atoms with Gasteiger partial charge in [-0.3, -0.25) is 4.79 Å². The summed E-state index contributed by atoms with van der Waals surface area (Å²) >= 11 is 3.46. The van der Waals surface area contributed by atoms with Crippen LogP contribution in [0.1, 0.15) is 17.5 Å². The Balaban J connectivity index is 1.80. The minimum absolute atomic E-state index is 0.0928. The Morgan fingerprint density at radius 3 is 2.72 bits per heavy atom. The van der Waals surface area contributed by atoms with Crippen molar-refractivity contribution < 1.29 is 14.6 Å². The average Bonchev–Trinajstić information content (AvgIpc) is 2.69. The summed E-state index contributed by atoms with van der Waals surface area (Å²) in [5.41, 5.74) is 0.843. The van der Waals surface area contributed by atoms with Gasteiger partial charge in [-0.25, -0.2) is 0 Å². The number of aliphatic hydroxyl groups is 1. The molecule has 2 aromatic carbocycles. The lowest BCUT2D eigenvalue weighted by atomic mass is 9.75. The SMILES string of the molecule is COc1cccc(C2(O)CCN(C(=O)Cc3cccc(Br)c3)CC2CN(C)C)c1. The first-order chi connectivity index (χ1) is 13.8. The highest BCUT2D eigenvalue weighted by molar-refractivity contribution is 9.10. The lowest BCUT2D eigenvalue weighted by Gasteiger charge is -2.46. The Morgan fingerprint density at radius 1 is 1.28 bits per heavy atom. The highest BCUT2D eigenvalue weighted by atomic mass is 79.9. The summed E-state index contributed by atoms with van der Waals surface area (Å²) in [6.45, 7) is 1.75. The second-order valence-corrected chi connectivity index (χ2v) is 8.93. The van der Waals surface area contributed by atoms with Gasteiger partial charge in [-0.2, -0.15) is 0 Å². The van der Waals surface area contributed by atoms with Gasteiger partial charge in [-0.1, -0.05) is 40.2 Å². The predicted molar refractivity (Wildman–Crippen MR) is 118 cm³/mol. The molecule has 0 aliphatic carbocycles. The lowest BCUT2D eigenvalue weighted by Crippen LogP contribution is -2.54. The first-order valence-corrected chi connectivity index (χ1v) is 10.6. The molecule has 3 rings (SSSR count). The van der Waals surface area contributed by atoms with E-state index < -0.39 is 5.60 Å². The number of amides is 1. The summed E-state index contributed by atoms with van der Waals surface area (Å²) in [5.74, 6) is 0.733. The largest absolute Gasteiger partial charge is 0.497 e. The highest BCUT2D eigenvalue weighted by Gasteiger charge is 2.44. The Labute approximate surface area is 181 Å². The molecular formula is C23H29BrN2O3. The van der Waals surface area contributed by atoms with E-state index in [9.17, 15) is 9.90 Å². The molecule has 1 amide bonds. The standard InChI is InChI=1S/C23H29BrN2O3/c1-25(2)15-19-16-26(22(27)13-17-6-4-8-20(24)12-17)11-10-23(19,28)18-7-5-9-21(14-18)29-3/h4-9,12,14,19,28H,10-11,13,15-16H2,1-3H3. The van der Waals surface area contributed by atoms with E-state index in [0.717, 1.165) is 21.3 Å². The minimum Gasteiger partial charge on any atom is -0.497 e. The van der Waals surface area contributed by atoms with Gasteiger partial charge < -0.3 is 19.6 Å². The fourth-order valence-electron chi connectivity index (χ4n) is 4.10. The molecule has 1 N–H and O–H groups in total. The summed E-state index contributed by atoms with van der Waals surface area (Å²) < 4.78 is 6.32. The zero-order chi connectivity index (χ0) is 21.0. The number of carbonyl (C=O) groups excluding carboxylic acids is 1. The van der Waals surface area contributed by atoms with Crippen molar-refractivity contribution in [3.63, 3.8) is 0 Å². The molecule has 0 radical (unpaired) electrons. The molecule has 0 bridgehead atoms. The monoisotopic (exact) mass is 460 g/mol. The molecule has 2 unspecified atom stereocenters. The Hall–Kier alpha value is -1.89. The van der Waals surface area contributed by atoms with E-state index in [1.165, 1.54) is 0 Å². The van der Waals surface area contributed by atoms with Crippen molar-refractivity contribution in [3.8, 4) is 5.75 Å². The molecule has 1 fully saturated rings. The maximum atomic E-state index is 13.0. The van der Waals surface area contributed by atoms with E-state index in [1.807, 2.05) is 67.5 Å². The topological polar surface area (TPSA) is 53.0 Å². The maximum Gasteiger partial charge on any atom is 0.227 e. The number of methoxy groups -OCH3 is 1. The number of rotatable bonds is 6. The van der Waals surface area contributed by atoms with E-state index >= 15 is 0 Å². The van der Waals surface area contributed by atoms with Crippen LogP contribution in [0, 0.1) is 5.92 Å². The van der Waals surface area contributed by atoms with Gasteiger partial charge in [0.2, 0.25) is 5.91 Å². The van der Waals surface area contributed by atoms with Crippen LogP contribution in [-0.4, -0.2) is 61.7 Å². The third-order valence-corrected chi connectivity index (χ3v) is 6.12. The number of ether oxygens (including phenoxy) is 1. The fourth-order valence-corrected chi connectivity index (χ4v) is 4.55. The molecule has 1 aliphatic rings. The summed E-state index contributed by atoms with van der Waals surface area (Å²) in [5, 5.41) is 11.7. The van der Waals surface area contributed by atoms with Crippen molar-refractivity contribution in [1.29, 1.82) is 0 Å². The summed E-state index contributed by atoms with van der Waals surface area (Å²) in [6.07, 6.45) is 0.870. The first-order valence-electron chi connectivity index (χ1n) is 9.85. The molecule has 0 spiro atoms. The molecule has 29 heavy (non-hydrogen) atoms. The summed E-state index contributed by atoms with van der Waals surface area (Å²) in [6, 6.07) is 15.5. The Bertz CT molecular complexity index is 858. The summed E-state index contributed by atoms with van der Waals surface area (Å²) in [7, 11) is 5.62. The molecule has 5 nitrogen and oxygen atoms in total. The maximum absolute atomic E-state index is 13.0. The molecule has 1 saturated heterocycles. The van der Waals surface area contributed by atoms with Gasteiger partial charge in [-0.15, -0.1) is 0 Å². The van der Waals surface area contributed by atoms with Crippen molar-refractivity contribution in [2.24, 2.45) is 5.92 Å². The van der Waals surface area contributed by atoms with Crippen LogP contribution in [0.3, 0.4) is 0 Å². The van der Waals surface area contributed by atoms with Gasteiger partial charge in [0.25, 0.3) is 0 Å². The number of hydrogen-bond donors (Lipinski definition) is 1. The number of halogens is 1. The smallest absolute Gasteiger partial charge is 0.227 e. The van der Waals surface area contributed by atoms with Crippen LogP contribution in [0.5, 0.6) is 5.75 Å². The van der Waals surface area contributed by atoms with Gasteiger partial charge in [0, 0.05) is 30.0 Å². The molecular weight excluding hydrogens is 432 g/mol. The van der Waals surface area contributed by atoms with E-state index in [-0.39, 0.29) is 11.8 Å². The third-order valence-electron chi connectivity index (χ3n) is 5.63. The molecule has 2 aromatic rings. The molecule has 1 heterocycles. The number of benzene rings is 2. The van der Waals surface area contributed by atoms with Crippen molar-refractivity contribution in [2.45, 2.75) is 18.4 Å². The number of piperidine rings is 1. The van der Waals surface area contributed by atoms with Crippen LogP contribution >= 0.6 is 15.9 Å². The first kappa shape index (κ1) is 21.8. The zero-order valence-corrected chi connectivity index (χ0v) is 18.9. The number of likely N-dealkylation sites (tertiary alicyclic amines) is 1. The Morgan fingerprint density at radius 2 is 2.03 bits per heavy atom. The van der Waals surface area contributed by atoms with Crippen LogP contribution in [0.2, 0.25) is 0 Å². The van der Waals surface area contributed by atoms with Crippen molar-refractivity contribution in [2.75, 3.05) is 40.8 Å². The van der Waals surface area contributed by atoms with Gasteiger partial charge in [0.1, 0.15) is 5.75 Å².